The Morgan fingerprint density at radius 2 is 2.28 bits per heavy atom. The maximum Gasteiger partial charge on any atom is 0.131 e. The van der Waals surface area contributed by atoms with Gasteiger partial charge in [-0.2, -0.15) is 5.10 Å². The van der Waals surface area contributed by atoms with Crippen LogP contribution >= 0.6 is 11.3 Å². The van der Waals surface area contributed by atoms with Crippen LogP contribution in [0.5, 0.6) is 0 Å². The van der Waals surface area contributed by atoms with Crippen molar-refractivity contribution in [1.82, 2.24) is 24.8 Å². The summed E-state index contributed by atoms with van der Waals surface area (Å²) in [5, 5.41) is 14.7. The second-order valence-electron chi connectivity index (χ2n) is 3.91. The zero-order valence-corrected chi connectivity index (χ0v) is 10.8. The van der Waals surface area contributed by atoms with Crippen LogP contribution in [0.2, 0.25) is 0 Å². The van der Waals surface area contributed by atoms with E-state index in [1.807, 2.05) is 27.7 Å². The number of hydrogen-bond donors (Lipinski definition) is 0. The third-order valence-electron chi connectivity index (χ3n) is 2.72. The fourth-order valence-corrected chi connectivity index (χ4v) is 2.55. The number of aryl methyl sites for hydroxylation is 1. The molecule has 0 saturated heterocycles. The molecule has 3 rings (SSSR count). The molecule has 0 atom stereocenters. The minimum absolute atomic E-state index is 0.769. The standard InChI is InChI=1S/C12H13N5S/c1-2-17-12(5-6-13-17)11-9-16(15-14-11)8-10-4-3-7-18-10/h3-7,9H,2,8H2,1H3. The predicted octanol–water partition coefficient (Wildman–Crippen LogP) is 2.27. The van der Waals surface area contributed by atoms with Gasteiger partial charge in [-0.25, -0.2) is 4.68 Å². The van der Waals surface area contributed by atoms with E-state index >= 15 is 0 Å². The van der Waals surface area contributed by atoms with Gasteiger partial charge in [0.25, 0.3) is 0 Å². The molecule has 3 heterocycles. The summed E-state index contributed by atoms with van der Waals surface area (Å²) in [6.45, 7) is 3.66. The Hall–Kier alpha value is -1.95. The second-order valence-corrected chi connectivity index (χ2v) is 4.95. The molecule has 0 spiro atoms. The highest BCUT2D eigenvalue weighted by molar-refractivity contribution is 7.09. The first kappa shape index (κ1) is 11.2. The highest BCUT2D eigenvalue weighted by atomic mass is 32.1. The fourth-order valence-electron chi connectivity index (χ4n) is 1.86. The summed E-state index contributed by atoms with van der Waals surface area (Å²) in [6, 6.07) is 6.11. The summed E-state index contributed by atoms with van der Waals surface area (Å²) in [6.07, 6.45) is 3.75. The first-order valence-electron chi connectivity index (χ1n) is 5.81. The monoisotopic (exact) mass is 259 g/mol. The van der Waals surface area contributed by atoms with Crippen molar-refractivity contribution >= 4 is 11.3 Å². The predicted molar refractivity (Wildman–Crippen MR) is 70.3 cm³/mol. The van der Waals surface area contributed by atoms with Gasteiger partial charge in [0.15, 0.2) is 0 Å². The third-order valence-corrected chi connectivity index (χ3v) is 3.58. The lowest BCUT2D eigenvalue weighted by atomic mass is 10.3. The molecule has 0 aliphatic rings. The summed E-state index contributed by atoms with van der Waals surface area (Å²) < 4.78 is 3.77. The Morgan fingerprint density at radius 3 is 3.06 bits per heavy atom. The fraction of sp³-hybridized carbons (Fsp3) is 0.250. The van der Waals surface area contributed by atoms with Crippen LogP contribution in [0, 0.1) is 0 Å². The molecule has 0 aliphatic carbocycles. The first-order valence-corrected chi connectivity index (χ1v) is 6.69. The Kier molecular flexibility index (Phi) is 2.93. The van der Waals surface area contributed by atoms with Gasteiger partial charge in [0.2, 0.25) is 0 Å². The van der Waals surface area contributed by atoms with Crippen molar-refractivity contribution in [2.45, 2.75) is 20.0 Å². The van der Waals surface area contributed by atoms with Crippen LogP contribution < -0.4 is 0 Å². The SMILES string of the molecule is CCn1nccc1-c1cn(Cc2cccs2)nn1. The normalized spacial score (nSPS) is 10.9. The van der Waals surface area contributed by atoms with Crippen molar-refractivity contribution in [3.05, 3.63) is 40.8 Å². The number of thiophene rings is 1. The molecule has 0 unspecified atom stereocenters. The zero-order chi connectivity index (χ0) is 12.4. The van der Waals surface area contributed by atoms with E-state index in [9.17, 15) is 0 Å². The number of nitrogens with zero attached hydrogens (tertiary/aromatic N) is 5. The summed E-state index contributed by atoms with van der Waals surface area (Å²) >= 11 is 1.73. The van der Waals surface area contributed by atoms with Crippen molar-refractivity contribution in [3.8, 4) is 11.4 Å². The summed E-state index contributed by atoms with van der Waals surface area (Å²) in [7, 11) is 0. The van der Waals surface area contributed by atoms with Crippen LogP contribution in [0.3, 0.4) is 0 Å². The number of rotatable bonds is 4. The maximum absolute atomic E-state index is 4.24. The van der Waals surface area contributed by atoms with Crippen molar-refractivity contribution in [3.63, 3.8) is 0 Å². The summed E-state index contributed by atoms with van der Waals surface area (Å²) in [5.74, 6) is 0. The first-order chi connectivity index (χ1) is 8.86. The molecule has 0 fully saturated rings. The minimum atomic E-state index is 0.769. The number of aromatic nitrogens is 5. The zero-order valence-electron chi connectivity index (χ0n) is 10.0. The smallest absolute Gasteiger partial charge is 0.131 e. The lowest BCUT2D eigenvalue weighted by Crippen LogP contribution is -1.99. The second kappa shape index (κ2) is 4.73. The van der Waals surface area contributed by atoms with Crippen molar-refractivity contribution in [2.24, 2.45) is 0 Å². The molecular weight excluding hydrogens is 246 g/mol. The molecule has 0 aromatic carbocycles. The van der Waals surface area contributed by atoms with E-state index in [0.717, 1.165) is 24.5 Å². The van der Waals surface area contributed by atoms with Crippen LogP contribution in [-0.2, 0) is 13.1 Å². The molecule has 0 aliphatic heterocycles. The summed E-state index contributed by atoms with van der Waals surface area (Å²) in [4.78, 5) is 1.27. The van der Waals surface area contributed by atoms with Crippen molar-refractivity contribution in [1.29, 1.82) is 0 Å². The van der Waals surface area contributed by atoms with Gasteiger partial charge in [-0.15, -0.1) is 16.4 Å². The molecule has 0 amide bonds. The van der Waals surface area contributed by atoms with Crippen LogP contribution in [0.15, 0.2) is 36.0 Å². The van der Waals surface area contributed by atoms with E-state index in [1.54, 1.807) is 17.5 Å². The van der Waals surface area contributed by atoms with Gasteiger partial charge in [0, 0.05) is 17.6 Å². The Morgan fingerprint density at radius 1 is 1.33 bits per heavy atom. The van der Waals surface area contributed by atoms with Gasteiger partial charge < -0.3 is 0 Å². The largest absolute Gasteiger partial charge is 0.263 e. The van der Waals surface area contributed by atoms with E-state index in [1.165, 1.54) is 4.88 Å². The van der Waals surface area contributed by atoms with Gasteiger partial charge in [0.05, 0.1) is 18.4 Å². The molecular formula is C12H13N5S. The quantitative estimate of drug-likeness (QED) is 0.722. The molecule has 0 saturated carbocycles. The average Bonchev–Trinajstić information content (AvgIpc) is 3.09. The third kappa shape index (κ3) is 2.06. The highest BCUT2D eigenvalue weighted by Crippen LogP contribution is 2.16. The topological polar surface area (TPSA) is 48.5 Å². The van der Waals surface area contributed by atoms with Crippen molar-refractivity contribution in [2.75, 3.05) is 0 Å². The molecule has 18 heavy (non-hydrogen) atoms. The van der Waals surface area contributed by atoms with Crippen LogP contribution in [0.1, 0.15) is 11.8 Å². The van der Waals surface area contributed by atoms with Crippen LogP contribution in [0.25, 0.3) is 11.4 Å². The molecule has 5 nitrogen and oxygen atoms in total. The van der Waals surface area contributed by atoms with Gasteiger partial charge in [-0.1, -0.05) is 11.3 Å². The molecule has 92 valence electrons. The van der Waals surface area contributed by atoms with E-state index in [4.69, 9.17) is 0 Å². The average molecular weight is 259 g/mol. The van der Waals surface area contributed by atoms with Crippen molar-refractivity contribution < 1.29 is 0 Å². The van der Waals surface area contributed by atoms with Gasteiger partial charge in [0.1, 0.15) is 5.69 Å². The maximum atomic E-state index is 4.24. The van der Waals surface area contributed by atoms with E-state index in [0.29, 0.717) is 0 Å². The number of hydrogen-bond acceptors (Lipinski definition) is 4. The van der Waals surface area contributed by atoms with Gasteiger partial charge in [-0.3, -0.25) is 4.68 Å². The molecule has 0 bridgehead atoms. The van der Waals surface area contributed by atoms with E-state index in [-0.39, 0.29) is 0 Å². The van der Waals surface area contributed by atoms with E-state index < -0.39 is 0 Å². The lowest BCUT2D eigenvalue weighted by molar-refractivity contribution is 0.655. The molecule has 0 N–H and O–H groups in total. The Balaban J connectivity index is 1.85. The Bertz CT molecular complexity index is 622. The molecule has 3 aromatic heterocycles. The van der Waals surface area contributed by atoms with Gasteiger partial charge in [-0.05, 0) is 24.4 Å². The molecule has 6 heteroatoms. The van der Waals surface area contributed by atoms with Crippen LogP contribution in [0.4, 0.5) is 0 Å². The molecule has 3 aromatic rings. The van der Waals surface area contributed by atoms with E-state index in [2.05, 4.69) is 33.8 Å². The highest BCUT2D eigenvalue weighted by Gasteiger charge is 2.09. The summed E-state index contributed by atoms with van der Waals surface area (Å²) in [5.41, 5.74) is 1.88. The lowest BCUT2D eigenvalue weighted by Gasteiger charge is -1.99. The van der Waals surface area contributed by atoms with Gasteiger partial charge >= 0.3 is 0 Å². The van der Waals surface area contributed by atoms with Crippen LogP contribution in [-0.4, -0.2) is 24.8 Å². The minimum Gasteiger partial charge on any atom is -0.263 e. The Labute approximate surface area is 109 Å². The molecule has 0 radical (unpaired) electrons.